The van der Waals surface area contributed by atoms with Gasteiger partial charge in [0.05, 0.1) is 24.1 Å². The summed E-state index contributed by atoms with van der Waals surface area (Å²) >= 11 is 13.6. The van der Waals surface area contributed by atoms with Gasteiger partial charge in [0, 0.05) is 17.1 Å². The van der Waals surface area contributed by atoms with Crippen LogP contribution in [0.15, 0.2) is 63.0 Å². The maximum Gasteiger partial charge on any atom is 0.271 e. The molecule has 3 N–H and O–H groups in total. The van der Waals surface area contributed by atoms with E-state index in [4.69, 9.17) is 38.1 Å². The first-order chi connectivity index (χ1) is 19.2. The second kappa shape index (κ2) is 12.4. The van der Waals surface area contributed by atoms with Crippen molar-refractivity contribution in [3.63, 3.8) is 0 Å². The van der Waals surface area contributed by atoms with Crippen LogP contribution in [-0.2, 0) is 26.5 Å². The summed E-state index contributed by atoms with van der Waals surface area (Å²) in [6.07, 6.45) is 2.87. The maximum absolute atomic E-state index is 13.2. The number of rotatable bonds is 12. The minimum atomic E-state index is -4.50. The molecule has 0 unspecified atom stereocenters. The number of halogens is 2. The lowest BCUT2D eigenvalue weighted by Gasteiger charge is -2.32. The Labute approximate surface area is 254 Å². The fourth-order valence-electron chi connectivity index (χ4n) is 4.34. The van der Waals surface area contributed by atoms with Crippen LogP contribution in [0.2, 0.25) is 10.0 Å². The standard InChI is InChI=1S/C27H31Cl2N4O5S3/c1-4-5-10-19-16-18-9-6-7-11-20(18)27(31-19)38-14-13-33(2,3)22-17-21(28)24(29)26(40(30,34)35)25(22)32-41(36,37)23-12-8-15-39-23/h6-9,11-12,15-17,32H,4-5,10,13-14H2,1-3H3,(H2,30,34,35)/q+1. The quantitative estimate of drug-likeness (QED) is 0.179. The van der Waals surface area contributed by atoms with Crippen molar-refractivity contribution in [1.82, 2.24) is 9.47 Å². The topological polar surface area (TPSA) is 128 Å². The summed E-state index contributed by atoms with van der Waals surface area (Å²) in [5.74, 6) is 0.493. The summed E-state index contributed by atoms with van der Waals surface area (Å²) in [6.45, 7) is 2.58. The minimum absolute atomic E-state index is 0.00978. The lowest BCUT2D eigenvalue weighted by molar-refractivity contribution is 0.255. The number of aryl methyl sites for hydroxylation is 1. The van der Waals surface area contributed by atoms with Crippen molar-refractivity contribution < 1.29 is 21.6 Å². The average molecular weight is 659 g/mol. The Hall–Kier alpha value is -2.45. The number of nitrogens with two attached hydrogens (primary N) is 1. The highest BCUT2D eigenvalue weighted by atomic mass is 35.5. The van der Waals surface area contributed by atoms with Crippen LogP contribution in [0, 0.1) is 0 Å². The summed E-state index contributed by atoms with van der Waals surface area (Å²) in [4.78, 5) is 4.14. The number of primary sulfonamides is 1. The number of aromatic nitrogens is 1. The van der Waals surface area contributed by atoms with Crippen LogP contribution >= 0.6 is 34.5 Å². The van der Waals surface area contributed by atoms with Crippen molar-refractivity contribution in [2.45, 2.75) is 35.3 Å². The second-order valence-corrected chi connectivity index (χ2v) is 15.1. The van der Waals surface area contributed by atoms with Crippen molar-refractivity contribution in [2.24, 2.45) is 5.14 Å². The first-order valence-electron chi connectivity index (χ1n) is 12.7. The van der Waals surface area contributed by atoms with Crippen LogP contribution in [0.3, 0.4) is 0 Å². The number of nitrogens with zero attached hydrogens (tertiary/aromatic N) is 2. The number of anilines is 1. The number of nitrogens with one attached hydrogen (secondary N) is 1. The number of thiophene rings is 1. The van der Waals surface area contributed by atoms with Gasteiger partial charge in [-0.2, -0.15) is 0 Å². The van der Waals surface area contributed by atoms with E-state index in [1.807, 2.05) is 24.3 Å². The third-order valence-electron chi connectivity index (χ3n) is 6.52. The molecular weight excluding hydrogens is 627 g/mol. The van der Waals surface area contributed by atoms with Crippen molar-refractivity contribution >= 4 is 76.7 Å². The Morgan fingerprint density at radius 2 is 1.80 bits per heavy atom. The molecule has 0 radical (unpaired) electrons. The van der Waals surface area contributed by atoms with E-state index >= 15 is 0 Å². The van der Waals surface area contributed by atoms with E-state index in [2.05, 4.69) is 17.7 Å². The number of hydrogen-bond acceptors (Lipinski definition) is 7. The van der Waals surface area contributed by atoms with Gasteiger partial charge in [-0.05, 0) is 41.8 Å². The molecule has 0 atom stereocenters. The lowest BCUT2D eigenvalue weighted by Crippen LogP contribution is -2.44. The lowest BCUT2D eigenvalue weighted by atomic mass is 10.1. The Balaban J connectivity index is 1.71. The predicted molar refractivity (Wildman–Crippen MR) is 167 cm³/mol. The number of fused-ring (bicyclic) bond motifs is 1. The molecule has 4 aromatic rings. The van der Waals surface area contributed by atoms with E-state index in [1.165, 1.54) is 12.1 Å². The Bertz CT molecular complexity index is 1780. The zero-order valence-corrected chi connectivity index (χ0v) is 26.7. The summed E-state index contributed by atoms with van der Waals surface area (Å²) in [5, 5.41) is 8.53. The van der Waals surface area contributed by atoms with Crippen LogP contribution < -0.4 is 19.1 Å². The number of sulfonamides is 2. The molecule has 9 nitrogen and oxygen atoms in total. The normalized spacial score (nSPS) is 12.5. The van der Waals surface area contributed by atoms with Crippen LogP contribution in [0.25, 0.3) is 10.8 Å². The number of pyridine rings is 1. The van der Waals surface area contributed by atoms with E-state index in [9.17, 15) is 16.8 Å². The highest BCUT2D eigenvalue weighted by Gasteiger charge is 2.35. The molecule has 0 saturated carbocycles. The fourth-order valence-corrected chi connectivity index (χ4v) is 8.01. The average Bonchev–Trinajstić information content (AvgIpc) is 3.45. The molecule has 0 fully saturated rings. The summed E-state index contributed by atoms with van der Waals surface area (Å²) < 4.78 is 60.3. The molecule has 2 aromatic heterocycles. The molecule has 41 heavy (non-hydrogen) atoms. The van der Waals surface area contributed by atoms with E-state index in [0.717, 1.165) is 47.1 Å². The molecule has 2 aromatic carbocycles. The molecule has 0 spiro atoms. The van der Waals surface area contributed by atoms with Gasteiger partial charge in [-0.3, -0.25) is 9.21 Å². The summed E-state index contributed by atoms with van der Waals surface area (Å²) in [6, 6.07) is 14.3. The zero-order valence-electron chi connectivity index (χ0n) is 22.7. The predicted octanol–water partition coefficient (Wildman–Crippen LogP) is 6.04. The Morgan fingerprint density at radius 1 is 1.07 bits per heavy atom. The van der Waals surface area contributed by atoms with E-state index in [0.29, 0.717) is 5.88 Å². The highest BCUT2D eigenvalue weighted by molar-refractivity contribution is 7.94. The monoisotopic (exact) mass is 657 g/mol. The van der Waals surface area contributed by atoms with Crippen molar-refractivity contribution in [1.29, 1.82) is 0 Å². The van der Waals surface area contributed by atoms with Gasteiger partial charge in [-0.15, -0.1) is 11.3 Å². The fraction of sp³-hybridized carbons (Fsp3) is 0.296. The van der Waals surface area contributed by atoms with Crippen molar-refractivity contribution in [3.8, 4) is 5.88 Å². The Kier molecular flexibility index (Phi) is 9.54. The van der Waals surface area contributed by atoms with Crippen LogP contribution in [0.4, 0.5) is 11.4 Å². The molecule has 0 amide bonds. The number of hydrogen-bond donors (Lipinski definition) is 2. The van der Waals surface area contributed by atoms with Gasteiger partial charge < -0.3 is 4.74 Å². The third kappa shape index (κ3) is 7.14. The van der Waals surface area contributed by atoms with Gasteiger partial charge in [0.2, 0.25) is 15.9 Å². The summed E-state index contributed by atoms with van der Waals surface area (Å²) in [5.41, 5.74) is 0.897. The Morgan fingerprint density at radius 3 is 2.46 bits per heavy atom. The SMILES string of the molecule is CCCCc1cc2ccccc2c(OCC[N+](C)(C)c2cc(Cl)c(Cl)c(S(N)(=O)=O)c2NS(=O)(=O)c2cccs2)n1. The maximum atomic E-state index is 13.2. The largest absolute Gasteiger partial charge is 0.471 e. The molecule has 0 aliphatic heterocycles. The van der Waals surface area contributed by atoms with Crippen molar-refractivity contribution in [3.05, 3.63) is 69.7 Å². The van der Waals surface area contributed by atoms with Gasteiger partial charge in [-0.25, -0.2) is 27.0 Å². The molecule has 0 saturated heterocycles. The van der Waals surface area contributed by atoms with E-state index in [-0.39, 0.29) is 43.3 Å². The van der Waals surface area contributed by atoms with Gasteiger partial charge in [0.25, 0.3) is 10.0 Å². The van der Waals surface area contributed by atoms with Crippen LogP contribution in [0.5, 0.6) is 5.88 Å². The van der Waals surface area contributed by atoms with Gasteiger partial charge in [-0.1, -0.05) is 60.8 Å². The molecule has 0 aliphatic rings. The smallest absolute Gasteiger partial charge is 0.271 e. The highest BCUT2D eigenvalue weighted by Crippen LogP contribution is 2.44. The molecular formula is C27H31Cl2N4O5S3+. The molecule has 4 rings (SSSR count). The number of unbranched alkanes of at least 4 members (excludes halogenated alkanes) is 1. The van der Waals surface area contributed by atoms with Crippen LogP contribution in [-0.4, -0.2) is 49.1 Å². The second-order valence-electron chi connectivity index (χ2n) is 9.98. The van der Waals surface area contributed by atoms with E-state index in [1.54, 1.807) is 25.5 Å². The molecule has 14 heteroatoms. The molecule has 0 bridgehead atoms. The van der Waals surface area contributed by atoms with Gasteiger partial charge in [0.15, 0.2) is 5.69 Å². The number of ether oxygens (including phenoxy) is 1. The van der Waals surface area contributed by atoms with Gasteiger partial charge in [0.1, 0.15) is 27.9 Å². The molecule has 220 valence electrons. The zero-order chi connectivity index (χ0) is 30.0. The summed E-state index contributed by atoms with van der Waals surface area (Å²) in [7, 11) is -5.14. The van der Waals surface area contributed by atoms with Gasteiger partial charge >= 0.3 is 0 Å². The molecule has 2 heterocycles. The van der Waals surface area contributed by atoms with Crippen LogP contribution in [0.1, 0.15) is 25.5 Å². The molecule has 0 aliphatic carbocycles. The minimum Gasteiger partial charge on any atom is -0.471 e. The van der Waals surface area contributed by atoms with Crippen molar-refractivity contribution in [2.75, 3.05) is 32.0 Å². The number of quaternary nitrogens is 1. The van der Waals surface area contributed by atoms with E-state index < -0.39 is 24.9 Å². The first kappa shape index (κ1) is 31.5. The first-order valence-corrected chi connectivity index (χ1v) is 17.4. The number of likely N-dealkylation sites (N-methyl/N-ethyl adjacent to an activating group) is 1. The third-order valence-corrected chi connectivity index (χ3v) is 11.1. The number of benzene rings is 2.